The molecular formula is C18H35N3O. The summed E-state index contributed by atoms with van der Waals surface area (Å²) in [5, 5.41) is 6.44. The van der Waals surface area contributed by atoms with Gasteiger partial charge in [-0.1, -0.05) is 19.8 Å². The minimum Gasteiger partial charge on any atom is -0.356 e. The smallest absolute Gasteiger partial charge is 0.223 e. The first-order valence-corrected chi connectivity index (χ1v) is 9.50. The van der Waals surface area contributed by atoms with Gasteiger partial charge in [-0.05, 0) is 77.2 Å². The van der Waals surface area contributed by atoms with Gasteiger partial charge in [-0.2, -0.15) is 0 Å². The van der Waals surface area contributed by atoms with E-state index in [2.05, 4.69) is 22.5 Å². The van der Waals surface area contributed by atoms with Crippen LogP contribution in [0.1, 0.15) is 58.3 Å². The number of carbonyl (C=O) groups is 1. The van der Waals surface area contributed by atoms with Gasteiger partial charge in [-0.15, -0.1) is 0 Å². The zero-order chi connectivity index (χ0) is 15.6. The standard InChI is InChI=1S/C18H35N3O/c1-2-5-16-8-14-21(15-9-16)13-4-3-10-20-18(22)17-6-11-19-12-7-17/h16-17,19H,2-15H2,1H3,(H,20,22). The van der Waals surface area contributed by atoms with Crippen molar-refractivity contribution >= 4 is 5.91 Å². The van der Waals surface area contributed by atoms with Crippen LogP contribution in [0.2, 0.25) is 0 Å². The second-order valence-corrected chi connectivity index (χ2v) is 7.10. The number of unbranched alkanes of at least 4 members (excludes halogenated alkanes) is 1. The summed E-state index contributed by atoms with van der Waals surface area (Å²) in [6.45, 7) is 8.91. The second kappa shape index (κ2) is 10.2. The van der Waals surface area contributed by atoms with E-state index in [1.54, 1.807) is 0 Å². The van der Waals surface area contributed by atoms with Gasteiger partial charge in [0.2, 0.25) is 5.91 Å². The van der Waals surface area contributed by atoms with Crippen LogP contribution in [0.3, 0.4) is 0 Å². The zero-order valence-electron chi connectivity index (χ0n) is 14.4. The van der Waals surface area contributed by atoms with E-state index in [4.69, 9.17) is 0 Å². The molecule has 0 atom stereocenters. The van der Waals surface area contributed by atoms with Crippen LogP contribution in [-0.4, -0.2) is 50.1 Å². The predicted molar refractivity (Wildman–Crippen MR) is 91.9 cm³/mol. The molecule has 4 nitrogen and oxygen atoms in total. The molecule has 0 aliphatic carbocycles. The Morgan fingerprint density at radius 3 is 2.55 bits per heavy atom. The number of hydrogen-bond donors (Lipinski definition) is 2. The minimum absolute atomic E-state index is 0.249. The highest BCUT2D eigenvalue weighted by atomic mass is 16.1. The van der Waals surface area contributed by atoms with Crippen molar-refractivity contribution in [3.05, 3.63) is 0 Å². The molecule has 0 spiro atoms. The van der Waals surface area contributed by atoms with Crippen LogP contribution in [0.25, 0.3) is 0 Å². The van der Waals surface area contributed by atoms with E-state index < -0.39 is 0 Å². The third-order valence-corrected chi connectivity index (χ3v) is 5.31. The number of amides is 1. The largest absolute Gasteiger partial charge is 0.356 e. The number of carbonyl (C=O) groups excluding carboxylic acids is 1. The monoisotopic (exact) mass is 309 g/mol. The Kier molecular flexibility index (Phi) is 8.24. The fourth-order valence-electron chi connectivity index (χ4n) is 3.81. The molecule has 128 valence electrons. The lowest BCUT2D eigenvalue weighted by Crippen LogP contribution is -2.38. The van der Waals surface area contributed by atoms with Crippen LogP contribution in [0.4, 0.5) is 0 Å². The Hall–Kier alpha value is -0.610. The Bertz CT molecular complexity index is 307. The molecule has 2 heterocycles. The van der Waals surface area contributed by atoms with Gasteiger partial charge >= 0.3 is 0 Å². The van der Waals surface area contributed by atoms with E-state index in [0.29, 0.717) is 0 Å². The molecule has 0 aromatic rings. The molecule has 2 fully saturated rings. The van der Waals surface area contributed by atoms with E-state index in [9.17, 15) is 4.79 Å². The second-order valence-electron chi connectivity index (χ2n) is 7.10. The van der Waals surface area contributed by atoms with E-state index in [0.717, 1.165) is 44.8 Å². The number of nitrogens with one attached hydrogen (secondary N) is 2. The number of nitrogens with zero attached hydrogens (tertiary/aromatic N) is 1. The summed E-state index contributed by atoms with van der Waals surface area (Å²) in [4.78, 5) is 14.6. The number of rotatable bonds is 8. The molecule has 2 N–H and O–H groups in total. The summed E-state index contributed by atoms with van der Waals surface area (Å²) < 4.78 is 0. The molecule has 0 aromatic carbocycles. The molecule has 2 rings (SSSR count). The van der Waals surface area contributed by atoms with E-state index >= 15 is 0 Å². The van der Waals surface area contributed by atoms with E-state index in [1.165, 1.54) is 51.7 Å². The van der Waals surface area contributed by atoms with Crippen LogP contribution in [-0.2, 0) is 4.79 Å². The third-order valence-electron chi connectivity index (χ3n) is 5.31. The van der Waals surface area contributed by atoms with Crippen molar-refractivity contribution in [1.82, 2.24) is 15.5 Å². The molecule has 1 amide bonds. The lowest BCUT2D eigenvalue weighted by atomic mass is 9.92. The van der Waals surface area contributed by atoms with Gasteiger partial charge in [-0.25, -0.2) is 0 Å². The molecule has 0 unspecified atom stereocenters. The van der Waals surface area contributed by atoms with Crippen molar-refractivity contribution < 1.29 is 4.79 Å². The van der Waals surface area contributed by atoms with Gasteiger partial charge in [0.05, 0.1) is 0 Å². The van der Waals surface area contributed by atoms with Crippen LogP contribution < -0.4 is 10.6 Å². The van der Waals surface area contributed by atoms with Crippen molar-refractivity contribution in [3.63, 3.8) is 0 Å². The van der Waals surface area contributed by atoms with Crippen molar-refractivity contribution in [2.75, 3.05) is 39.3 Å². The highest BCUT2D eigenvalue weighted by molar-refractivity contribution is 5.78. The molecule has 0 radical (unpaired) electrons. The van der Waals surface area contributed by atoms with Crippen molar-refractivity contribution in [2.45, 2.75) is 58.3 Å². The average Bonchev–Trinajstić information content (AvgIpc) is 2.57. The topological polar surface area (TPSA) is 44.4 Å². The van der Waals surface area contributed by atoms with Gasteiger partial charge in [0.1, 0.15) is 0 Å². The fourth-order valence-corrected chi connectivity index (χ4v) is 3.81. The number of likely N-dealkylation sites (tertiary alicyclic amines) is 1. The number of hydrogen-bond acceptors (Lipinski definition) is 3. The Labute approximate surface area is 136 Å². The first-order valence-electron chi connectivity index (χ1n) is 9.50. The first-order chi connectivity index (χ1) is 10.8. The summed E-state index contributed by atoms with van der Waals surface area (Å²) in [5.41, 5.74) is 0. The van der Waals surface area contributed by atoms with Gasteiger partial charge in [-0.3, -0.25) is 4.79 Å². The maximum absolute atomic E-state index is 12.0. The lowest BCUT2D eigenvalue weighted by molar-refractivity contribution is -0.125. The summed E-state index contributed by atoms with van der Waals surface area (Å²) in [5.74, 6) is 1.51. The summed E-state index contributed by atoms with van der Waals surface area (Å²) in [7, 11) is 0. The Balaban J connectivity index is 1.46. The summed E-state index contributed by atoms with van der Waals surface area (Å²) in [6, 6.07) is 0. The molecule has 2 aliphatic rings. The maximum atomic E-state index is 12.0. The van der Waals surface area contributed by atoms with Crippen LogP contribution >= 0.6 is 0 Å². The maximum Gasteiger partial charge on any atom is 0.223 e. The normalized spacial score (nSPS) is 21.9. The van der Waals surface area contributed by atoms with Crippen LogP contribution in [0.5, 0.6) is 0 Å². The van der Waals surface area contributed by atoms with Crippen molar-refractivity contribution in [2.24, 2.45) is 11.8 Å². The third kappa shape index (κ3) is 6.25. The van der Waals surface area contributed by atoms with E-state index in [-0.39, 0.29) is 11.8 Å². The molecule has 0 saturated carbocycles. The van der Waals surface area contributed by atoms with Gasteiger partial charge in [0, 0.05) is 12.5 Å². The van der Waals surface area contributed by atoms with E-state index in [1.807, 2.05) is 0 Å². The number of piperidine rings is 2. The summed E-state index contributed by atoms with van der Waals surface area (Å²) >= 11 is 0. The minimum atomic E-state index is 0.249. The highest BCUT2D eigenvalue weighted by Gasteiger charge is 2.20. The SMILES string of the molecule is CCCC1CCN(CCCCNC(=O)C2CCNCC2)CC1. The average molecular weight is 309 g/mol. The van der Waals surface area contributed by atoms with Gasteiger partial charge < -0.3 is 15.5 Å². The first kappa shape index (κ1) is 17.7. The molecule has 4 heteroatoms. The van der Waals surface area contributed by atoms with Crippen molar-refractivity contribution in [1.29, 1.82) is 0 Å². The molecule has 2 aliphatic heterocycles. The van der Waals surface area contributed by atoms with Gasteiger partial charge in [0.25, 0.3) is 0 Å². The lowest BCUT2D eigenvalue weighted by Gasteiger charge is -2.31. The Morgan fingerprint density at radius 1 is 1.14 bits per heavy atom. The predicted octanol–water partition coefficient (Wildman–Crippen LogP) is 2.39. The molecule has 2 saturated heterocycles. The highest BCUT2D eigenvalue weighted by Crippen LogP contribution is 2.21. The van der Waals surface area contributed by atoms with Crippen LogP contribution in [0, 0.1) is 11.8 Å². The quantitative estimate of drug-likeness (QED) is 0.677. The van der Waals surface area contributed by atoms with Crippen molar-refractivity contribution in [3.8, 4) is 0 Å². The summed E-state index contributed by atoms with van der Waals surface area (Å²) in [6.07, 6.45) is 9.85. The molecule has 22 heavy (non-hydrogen) atoms. The van der Waals surface area contributed by atoms with Crippen LogP contribution in [0.15, 0.2) is 0 Å². The zero-order valence-corrected chi connectivity index (χ0v) is 14.4. The molecule has 0 aromatic heterocycles. The molecule has 0 bridgehead atoms. The van der Waals surface area contributed by atoms with Gasteiger partial charge in [0.15, 0.2) is 0 Å². The molecular weight excluding hydrogens is 274 g/mol. The Morgan fingerprint density at radius 2 is 1.86 bits per heavy atom. The fraction of sp³-hybridized carbons (Fsp3) is 0.944.